The topological polar surface area (TPSA) is 87.7 Å². The maximum absolute atomic E-state index is 13.4. The van der Waals surface area contributed by atoms with Gasteiger partial charge in [-0.15, -0.1) is 0 Å². The van der Waals surface area contributed by atoms with E-state index in [1.165, 1.54) is 12.4 Å². The maximum atomic E-state index is 13.4. The van der Waals surface area contributed by atoms with Gasteiger partial charge < -0.3 is 15.0 Å². The SMILES string of the molecule is CC(C)N1CC(CN(C)Cc2ccc(Cl)cc2)Oc2c(NC(=O)c3ccnnc3)cccc2C1=O. The van der Waals surface area contributed by atoms with Crippen LogP contribution < -0.4 is 10.1 Å². The van der Waals surface area contributed by atoms with Crippen molar-refractivity contribution in [1.29, 1.82) is 0 Å². The van der Waals surface area contributed by atoms with Crippen molar-refractivity contribution in [3.8, 4) is 5.75 Å². The number of ether oxygens (including phenoxy) is 1. The number of anilines is 1. The van der Waals surface area contributed by atoms with Gasteiger partial charge in [-0.25, -0.2) is 0 Å². The number of fused-ring (bicyclic) bond motifs is 1. The number of benzene rings is 2. The predicted molar refractivity (Wildman–Crippen MR) is 135 cm³/mol. The Kier molecular flexibility index (Phi) is 7.63. The molecule has 9 heteroatoms. The number of halogens is 1. The number of rotatable bonds is 7. The van der Waals surface area contributed by atoms with E-state index in [-0.39, 0.29) is 24.0 Å². The van der Waals surface area contributed by atoms with Gasteiger partial charge in [0.05, 0.1) is 35.8 Å². The number of aromatic nitrogens is 2. The lowest BCUT2D eigenvalue weighted by Gasteiger charge is -2.30. The van der Waals surface area contributed by atoms with Crippen molar-refractivity contribution >= 4 is 29.1 Å². The molecule has 1 aliphatic rings. The molecule has 2 aromatic carbocycles. The summed E-state index contributed by atoms with van der Waals surface area (Å²) in [5.74, 6) is -0.105. The quantitative estimate of drug-likeness (QED) is 0.532. The van der Waals surface area contributed by atoms with Gasteiger partial charge in [-0.05, 0) is 56.8 Å². The Hall–Kier alpha value is -3.49. The van der Waals surface area contributed by atoms with Crippen LogP contribution >= 0.6 is 11.6 Å². The van der Waals surface area contributed by atoms with Crippen molar-refractivity contribution in [2.24, 2.45) is 0 Å². The highest BCUT2D eigenvalue weighted by molar-refractivity contribution is 6.30. The van der Waals surface area contributed by atoms with Gasteiger partial charge in [0.15, 0.2) is 5.75 Å². The summed E-state index contributed by atoms with van der Waals surface area (Å²) >= 11 is 6.01. The van der Waals surface area contributed by atoms with E-state index in [9.17, 15) is 9.59 Å². The van der Waals surface area contributed by atoms with Crippen LogP contribution in [-0.2, 0) is 6.54 Å². The lowest BCUT2D eigenvalue weighted by molar-refractivity contribution is 0.0605. The number of para-hydroxylation sites is 1. The molecule has 182 valence electrons. The summed E-state index contributed by atoms with van der Waals surface area (Å²) in [6.45, 7) is 5.68. The van der Waals surface area contributed by atoms with E-state index < -0.39 is 0 Å². The molecule has 0 saturated heterocycles. The summed E-state index contributed by atoms with van der Waals surface area (Å²) in [7, 11) is 2.01. The smallest absolute Gasteiger partial charge is 0.258 e. The average Bonchev–Trinajstić information content (AvgIpc) is 2.98. The Morgan fingerprint density at radius 1 is 1.20 bits per heavy atom. The molecule has 8 nitrogen and oxygen atoms in total. The lowest BCUT2D eigenvalue weighted by atomic mass is 10.1. The summed E-state index contributed by atoms with van der Waals surface area (Å²) in [5.41, 5.74) is 2.35. The fourth-order valence-electron chi connectivity index (χ4n) is 4.07. The highest BCUT2D eigenvalue weighted by Crippen LogP contribution is 2.34. The summed E-state index contributed by atoms with van der Waals surface area (Å²) in [4.78, 5) is 30.2. The Bertz CT molecular complexity index is 1190. The number of hydrogen-bond donors (Lipinski definition) is 1. The van der Waals surface area contributed by atoms with E-state index in [4.69, 9.17) is 16.3 Å². The van der Waals surface area contributed by atoms with Crippen LogP contribution in [0, 0.1) is 0 Å². The molecular weight excluding hydrogens is 466 g/mol. The molecule has 0 aliphatic carbocycles. The van der Waals surface area contributed by atoms with Crippen LogP contribution in [0.25, 0.3) is 0 Å². The fraction of sp³-hybridized carbons (Fsp3) is 0.308. The number of carbonyl (C=O) groups is 2. The van der Waals surface area contributed by atoms with E-state index in [1.807, 2.05) is 50.1 Å². The highest BCUT2D eigenvalue weighted by Gasteiger charge is 2.32. The van der Waals surface area contributed by atoms with Gasteiger partial charge >= 0.3 is 0 Å². The minimum absolute atomic E-state index is 0.0118. The van der Waals surface area contributed by atoms with Gasteiger partial charge in [-0.2, -0.15) is 10.2 Å². The number of likely N-dealkylation sites (N-methyl/N-ethyl adjacent to an activating group) is 1. The molecule has 35 heavy (non-hydrogen) atoms. The van der Waals surface area contributed by atoms with E-state index in [1.54, 1.807) is 24.3 Å². The van der Waals surface area contributed by atoms with Crippen LogP contribution in [0.1, 0.15) is 40.1 Å². The molecule has 1 atom stereocenters. The molecule has 0 spiro atoms. The molecule has 0 saturated carbocycles. The largest absolute Gasteiger partial charge is 0.484 e. The molecular formula is C26H28ClN5O3. The van der Waals surface area contributed by atoms with Gasteiger partial charge in [-0.3, -0.25) is 14.5 Å². The van der Waals surface area contributed by atoms with Crippen molar-refractivity contribution in [2.75, 3.05) is 25.5 Å². The molecule has 0 fully saturated rings. The minimum atomic E-state index is -0.356. The number of nitrogens with zero attached hydrogens (tertiary/aromatic N) is 4. The van der Waals surface area contributed by atoms with Crippen LogP contribution in [0.15, 0.2) is 60.9 Å². The zero-order valence-electron chi connectivity index (χ0n) is 19.9. The second-order valence-corrected chi connectivity index (χ2v) is 9.32. The number of nitrogens with one attached hydrogen (secondary N) is 1. The van der Waals surface area contributed by atoms with Gasteiger partial charge in [0.1, 0.15) is 6.10 Å². The van der Waals surface area contributed by atoms with Crippen molar-refractivity contribution in [3.63, 3.8) is 0 Å². The third kappa shape index (κ3) is 5.96. The summed E-state index contributed by atoms with van der Waals surface area (Å²) in [6, 6.07) is 14.5. The van der Waals surface area contributed by atoms with Crippen LogP contribution in [0.2, 0.25) is 5.02 Å². The van der Waals surface area contributed by atoms with E-state index >= 15 is 0 Å². The minimum Gasteiger partial charge on any atom is -0.484 e. The molecule has 1 aliphatic heterocycles. The maximum Gasteiger partial charge on any atom is 0.258 e. The average molecular weight is 494 g/mol. The predicted octanol–water partition coefficient (Wildman–Crippen LogP) is 4.13. The highest BCUT2D eigenvalue weighted by atomic mass is 35.5. The van der Waals surface area contributed by atoms with Gasteiger partial charge in [0, 0.05) is 24.2 Å². The molecule has 1 unspecified atom stereocenters. The van der Waals surface area contributed by atoms with Crippen LogP contribution in [0.4, 0.5) is 5.69 Å². The Morgan fingerprint density at radius 2 is 1.97 bits per heavy atom. The molecule has 4 rings (SSSR count). The Balaban J connectivity index is 1.59. The Morgan fingerprint density at radius 3 is 2.66 bits per heavy atom. The van der Waals surface area contributed by atoms with Gasteiger partial charge in [0.2, 0.25) is 0 Å². The van der Waals surface area contributed by atoms with Crippen molar-refractivity contribution in [3.05, 3.63) is 82.6 Å². The number of hydrogen-bond acceptors (Lipinski definition) is 6. The summed E-state index contributed by atoms with van der Waals surface area (Å²) < 4.78 is 6.44. The zero-order valence-corrected chi connectivity index (χ0v) is 20.7. The first-order valence-corrected chi connectivity index (χ1v) is 11.8. The van der Waals surface area contributed by atoms with Crippen molar-refractivity contribution in [1.82, 2.24) is 20.0 Å². The molecule has 1 N–H and O–H groups in total. The fourth-order valence-corrected chi connectivity index (χ4v) is 4.19. The lowest BCUT2D eigenvalue weighted by Crippen LogP contribution is -2.45. The van der Waals surface area contributed by atoms with E-state index in [0.29, 0.717) is 47.2 Å². The third-order valence-electron chi connectivity index (χ3n) is 5.79. The van der Waals surface area contributed by atoms with E-state index in [0.717, 1.165) is 5.56 Å². The first-order valence-electron chi connectivity index (χ1n) is 11.4. The van der Waals surface area contributed by atoms with Crippen molar-refractivity contribution < 1.29 is 14.3 Å². The molecule has 2 heterocycles. The van der Waals surface area contributed by atoms with Crippen molar-refractivity contribution in [2.45, 2.75) is 32.5 Å². The molecule has 0 bridgehead atoms. The Labute approximate surface area is 209 Å². The monoisotopic (exact) mass is 493 g/mol. The first kappa shape index (κ1) is 24.6. The van der Waals surface area contributed by atoms with Crippen LogP contribution in [0.5, 0.6) is 5.75 Å². The zero-order chi connectivity index (χ0) is 24.9. The second-order valence-electron chi connectivity index (χ2n) is 8.88. The van der Waals surface area contributed by atoms with Crippen LogP contribution in [0.3, 0.4) is 0 Å². The number of amides is 2. The first-order chi connectivity index (χ1) is 16.8. The molecule has 2 amide bonds. The summed E-state index contributed by atoms with van der Waals surface area (Å²) in [5, 5.41) is 11.0. The molecule has 1 aromatic heterocycles. The second kappa shape index (κ2) is 10.8. The summed E-state index contributed by atoms with van der Waals surface area (Å²) in [6.07, 6.45) is 2.53. The molecule has 0 radical (unpaired) electrons. The number of carbonyl (C=O) groups excluding carboxylic acids is 2. The molecule has 3 aromatic rings. The third-order valence-corrected chi connectivity index (χ3v) is 6.04. The van der Waals surface area contributed by atoms with E-state index in [2.05, 4.69) is 20.4 Å². The van der Waals surface area contributed by atoms with Gasteiger partial charge in [-0.1, -0.05) is 29.8 Å². The normalized spacial score (nSPS) is 15.5. The van der Waals surface area contributed by atoms with Crippen LogP contribution in [-0.4, -0.2) is 64.1 Å². The standard InChI is InChI=1S/C26H28ClN5O3/c1-17(2)32-16-21(15-31(3)14-18-7-9-20(27)10-8-18)35-24-22(26(32)34)5-4-6-23(24)30-25(33)19-11-12-28-29-13-19/h4-13,17,21H,14-16H2,1-3H3,(H,30,33). The van der Waals surface area contributed by atoms with Gasteiger partial charge in [0.25, 0.3) is 11.8 Å².